The van der Waals surface area contributed by atoms with Crippen LogP contribution in [0.2, 0.25) is 5.02 Å². The molecule has 1 aromatic rings. The molecule has 174 valence electrons. The molecule has 0 N–H and O–H groups in total. The smallest absolute Gasteiger partial charge is 0.426 e. The van der Waals surface area contributed by atoms with Gasteiger partial charge in [-0.05, 0) is 25.0 Å². The summed E-state index contributed by atoms with van der Waals surface area (Å²) >= 11 is 6.40. The molecule has 0 bridgehead atoms. The van der Waals surface area contributed by atoms with Crippen LogP contribution in [-0.2, 0) is 11.3 Å². The normalized spacial score (nSPS) is 18.7. The minimum Gasteiger partial charge on any atom is -0.426 e. The summed E-state index contributed by atoms with van der Waals surface area (Å²) in [6.45, 7) is 2.74. The van der Waals surface area contributed by atoms with Gasteiger partial charge in [-0.3, -0.25) is 4.90 Å². The highest BCUT2D eigenvalue weighted by Crippen LogP contribution is 2.36. The van der Waals surface area contributed by atoms with E-state index in [9.17, 15) is 31.1 Å². The molecule has 2 aliphatic rings. The van der Waals surface area contributed by atoms with Crippen LogP contribution in [0.3, 0.4) is 0 Å². The third kappa shape index (κ3) is 5.88. The van der Waals surface area contributed by atoms with Gasteiger partial charge < -0.3 is 14.5 Å². The number of piperazine rings is 1. The fraction of sp³-hybridized carbons (Fsp3) is 0.632. The minimum absolute atomic E-state index is 0.0508. The number of benzene rings is 1. The van der Waals surface area contributed by atoms with Gasteiger partial charge in [-0.1, -0.05) is 17.7 Å². The molecule has 2 fully saturated rings. The second-order valence-corrected chi connectivity index (χ2v) is 7.95. The van der Waals surface area contributed by atoms with Crippen LogP contribution < -0.4 is 4.90 Å². The Morgan fingerprint density at radius 2 is 1.55 bits per heavy atom. The van der Waals surface area contributed by atoms with Gasteiger partial charge in [0.25, 0.3) is 6.10 Å². The standard InChI is InChI=1S/C19H22ClF6N3O2/c20-14-4-3-5-15(28-6-1-2-7-28)13(14)12-27-8-10-29(11-9-27)17(30)31-16(18(21,22)23)19(24,25)26/h3-5,16H,1-2,6-12H2. The maximum atomic E-state index is 12.6. The minimum atomic E-state index is -5.73. The largest absolute Gasteiger partial charge is 0.434 e. The molecule has 1 aromatic carbocycles. The van der Waals surface area contributed by atoms with Gasteiger partial charge in [0, 0.05) is 62.1 Å². The van der Waals surface area contributed by atoms with Crippen LogP contribution in [-0.4, -0.2) is 73.6 Å². The average molecular weight is 474 g/mol. The molecule has 0 saturated carbocycles. The first-order chi connectivity index (χ1) is 14.5. The lowest BCUT2D eigenvalue weighted by atomic mass is 10.1. The number of nitrogens with zero attached hydrogens (tertiary/aromatic N) is 3. The number of rotatable bonds is 4. The van der Waals surface area contributed by atoms with E-state index in [4.69, 9.17) is 11.6 Å². The number of carbonyl (C=O) groups excluding carboxylic acids is 1. The maximum absolute atomic E-state index is 12.6. The van der Waals surface area contributed by atoms with Crippen molar-refractivity contribution in [3.8, 4) is 0 Å². The molecule has 12 heteroatoms. The molecule has 31 heavy (non-hydrogen) atoms. The summed E-state index contributed by atoms with van der Waals surface area (Å²) in [5.41, 5.74) is 1.93. The van der Waals surface area contributed by atoms with Gasteiger partial charge in [0.05, 0.1) is 0 Å². The van der Waals surface area contributed by atoms with Crippen LogP contribution in [0.5, 0.6) is 0 Å². The number of anilines is 1. The molecular formula is C19H22ClF6N3O2. The van der Waals surface area contributed by atoms with Crippen LogP contribution in [0.25, 0.3) is 0 Å². The second-order valence-electron chi connectivity index (χ2n) is 7.54. The number of hydrogen-bond donors (Lipinski definition) is 0. The molecule has 3 rings (SSSR count). The van der Waals surface area contributed by atoms with Gasteiger partial charge in [0.15, 0.2) is 0 Å². The van der Waals surface area contributed by atoms with Crippen LogP contribution >= 0.6 is 11.6 Å². The van der Waals surface area contributed by atoms with Crippen molar-refractivity contribution in [3.63, 3.8) is 0 Å². The predicted octanol–water partition coefficient (Wildman–Crippen LogP) is 4.69. The van der Waals surface area contributed by atoms with E-state index in [2.05, 4.69) is 9.64 Å². The monoisotopic (exact) mass is 473 g/mol. The first-order valence-electron chi connectivity index (χ1n) is 9.80. The average Bonchev–Trinajstić information content (AvgIpc) is 3.21. The molecule has 0 radical (unpaired) electrons. The van der Waals surface area contributed by atoms with E-state index in [1.165, 1.54) is 0 Å². The molecule has 0 aromatic heterocycles. The van der Waals surface area contributed by atoms with E-state index in [0.29, 0.717) is 11.6 Å². The van der Waals surface area contributed by atoms with Gasteiger partial charge in [-0.25, -0.2) is 4.79 Å². The summed E-state index contributed by atoms with van der Waals surface area (Å²) in [6.07, 6.45) is -15.1. The van der Waals surface area contributed by atoms with Crippen molar-refractivity contribution in [1.29, 1.82) is 0 Å². The fourth-order valence-electron chi connectivity index (χ4n) is 3.76. The molecule has 5 nitrogen and oxygen atoms in total. The van der Waals surface area contributed by atoms with Crippen molar-refractivity contribution in [2.45, 2.75) is 37.8 Å². The predicted molar refractivity (Wildman–Crippen MR) is 102 cm³/mol. The number of hydrogen-bond acceptors (Lipinski definition) is 4. The SMILES string of the molecule is O=C(OC(C(F)(F)F)C(F)(F)F)N1CCN(Cc2c(Cl)cccc2N2CCCC2)CC1. The highest BCUT2D eigenvalue weighted by Gasteiger charge is 2.60. The van der Waals surface area contributed by atoms with E-state index in [0.717, 1.165) is 42.1 Å². The van der Waals surface area contributed by atoms with Crippen molar-refractivity contribution in [3.05, 3.63) is 28.8 Å². The number of halogens is 7. The third-order valence-corrected chi connectivity index (χ3v) is 5.72. The number of alkyl halides is 6. The summed E-state index contributed by atoms with van der Waals surface area (Å²) in [5, 5.41) is 0.587. The Bertz CT molecular complexity index is 761. The van der Waals surface area contributed by atoms with Crippen molar-refractivity contribution in [2.75, 3.05) is 44.2 Å². The Hall–Kier alpha value is -1.88. The molecule has 0 unspecified atom stereocenters. The Labute approximate surface area is 180 Å². The summed E-state index contributed by atoms with van der Waals surface area (Å²) in [6, 6.07) is 5.62. The topological polar surface area (TPSA) is 36.0 Å². The van der Waals surface area contributed by atoms with Gasteiger partial charge in [-0.2, -0.15) is 26.3 Å². The first-order valence-corrected chi connectivity index (χ1v) is 10.2. The number of ether oxygens (including phenoxy) is 1. The maximum Gasteiger partial charge on any atom is 0.434 e. The van der Waals surface area contributed by atoms with Gasteiger partial charge in [0.1, 0.15) is 0 Å². The van der Waals surface area contributed by atoms with Crippen molar-refractivity contribution in [1.82, 2.24) is 9.80 Å². The van der Waals surface area contributed by atoms with E-state index in [1.807, 2.05) is 17.0 Å². The quantitative estimate of drug-likeness (QED) is 0.595. The lowest BCUT2D eigenvalue weighted by Gasteiger charge is -2.36. The zero-order valence-electron chi connectivity index (χ0n) is 16.5. The first kappa shape index (κ1) is 23.8. The fourth-order valence-corrected chi connectivity index (χ4v) is 3.99. The zero-order chi connectivity index (χ0) is 22.8. The highest BCUT2D eigenvalue weighted by atomic mass is 35.5. The Balaban J connectivity index is 1.60. The van der Waals surface area contributed by atoms with Gasteiger partial charge in [0.2, 0.25) is 0 Å². The van der Waals surface area contributed by atoms with E-state index in [1.54, 1.807) is 6.07 Å². The molecule has 0 aliphatic carbocycles. The Morgan fingerprint density at radius 1 is 0.968 bits per heavy atom. The van der Waals surface area contributed by atoms with Crippen molar-refractivity contribution >= 4 is 23.4 Å². The molecule has 0 atom stereocenters. The van der Waals surface area contributed by atoms with Crippen LogP contribution in [0, 0.1) is 0 Å². The van der Waals surface area contributed by atoms with Crippen LogP contribution in [0.1, 0.15) is 18.4 Å². The zero-order valence-corrected chi connectivity index (χ0v) is 17.2. The van der Waals surface area contributed by atoms with Crippen molar-refractivity contribution in [2.24, 2.45) is 0 Å². The van der Waals surface area contributed by atoms with E-state index in [-0.39, 0.29) is 26.2 Å². The number of amides is 1. The lowest BCUT2D eigenvalue weighted by molar-refractivity contribution is -0.308. The lowest BCUT2D eigenvalue weighted by Crippen LogP contribution is -2.52. The molecule has 1 amide bonds. The van der Waals surface area contributed by atoms with E-state index >= 15 is 0 Å². The second kappa shape index (κ2) is 9.32. The highest BCUT2D eigenvalue weighted by molar-refractivity contribution is 6.31. The van der Waals surface area contributed by atoms with Crippen LogP contribution in [0.4, 0.5) is 36.8 Å². The van der Waals surface area contributed by atoms with E-state index < -0.39 is 24.5 Å². The third-order valence-electron chi connectivity index (χ3n) is 5.37. The molecular weight excluding hydrogens is 452 g/mol. The van der Waals surface area contributed by atoms with Crippen LogP contribution in [0.15, 0.2) is 18.2 Å². The summed E-state index contributed by atoms with van der Waals surface area (Å²) < 4.78 is 79.4. The molecule has 2 saturated heterocycles. The molecule has 2 heterocycles. The summed E-state index contributed by atoms with van der Waals surface area (Å²) in [4.78, 5) is 17.0. The van der Waals surface area contributed by atoms with Gasteiger partial charge >= 0.3 is 18.4 Å². The van der Waals surface area contributed by atoms with Gasteiger partial charge in [-0.15, -0.1) is 0 Å². The summed E-state index contributed by atoms with van der Waals surface area (Å²) in [7, 11) is 0. The molecule has 2 aliphatic heterocycles. The van der Waals surface area contributed by atoms with Crippen molar-refractivity contribution < 1.29 is 35.9 Å². The Morgan fingerprint density at radius 3 is 2.10 bits per heavy atom. The number of carbonyl (C=O) groups is 1. The summed E-state index contributed by atoms with van der Waals surface area (Å²) in [5.74, 6) is 0. The Kier molecular flexibility index (Phi) is 7.14. The molecule has 0 spiro atoms.